The Morgan fingerprint density at radius 1 is 1.19 bits per heavy atom. The first kappa shape index (κ1) is 21.5. The number of amides is 1. The van der Waals surface area contributed by atoms with Gasteiger partial charge in [-0.15, -0.1) is 0 Å². The average Bonchev–Trinajstić information content (AvgIpc) is 2.55. The van der Waals surface area contributed by atoms with Crippen LogP contribution in [0.25, 0.3) is 0 Å². The molecule has 0 unspecified atom stereocenters. The standard InChI is InChI=1S/C19H26F4N2O2/c1-18(2,3)27-17(26)24-15-8-10-25(11-9-15)12-19(22,23)14-6-4-13(5-7-14)16(20)21/h4-7,15-16H,8-12H2,1-3H3,(H,24,26). The van der Waals surface area contributed by atoms with Crippen molar-refractivity contribution in [2.75, 3.05) is 19.6 Å². The molecule has 0 aromatic heterocycles. The number of piperidine rings is 1. The molecule has 1 heterocycles. The highest BCUT2D eigenvalue weighted by molar-refractivity contribution is 5.68. The van der Waals surface area contributed by atoms with E-state index in [1.807, 2.05) is 0 Å². The van der Waals surface area contributed by atoms with Crippen LogP contribution in [0.1, 0.15) is 51.2 Å². The van der Waals surface area contributed by atoms with Gasteiger partial charge in [0.15, 0.2) is 0 Å². The van der Waals surface area contributed by atoms with Gasteiger partial charge in [0, 0.05) is 30.3 Å². The molecule has 1 aromatic carbocycles. The fourth-order valence-electron chi connectivity index (χ4n) is 2.95. The van der Waals surface area contributed by atoms with Gasteiger partial charge in [-0.1, -0.05) is 24.3 Å². The van der Waals surface area contributed by atoms with E-state index >= 15 is 0 Å². The average molecular weight is 390 g/mol. The number of carbonyl (C=O) groups excluding carboxylic acids is 1. The maximum atomic E-state index is 14.4. The molecule has 1 amide bonds. The topological polar surface area (TPSA) is 41.6 Å². The summed E-state index contributed by atoms with van der Waals surface area (Å²) in [7, 11) is 0. The molecule has 0 saturated carbocycles. The normalized spacial score (nSPS) is 17.2. The fourth-order valence-corrected chi connectivity index (χ4v) is 2.95. The Balaban J connectivity index is 1.84. The molecule has 1 fully saturated rings. The highest BCUT2D eigenvalue weighted by Gasteiger charge is 2.35. The molecule has 0 atom stereocenters. The van der Waals surface area contributed by atoms with E-state index in [0.717, 1.165) is 24.3 Å². The van der Waals surface area contributed by atoms with Crippen LogP contribution in [-0.2, 0) is 10.7 Å². The Labute approximate surface area is 156 Å². The summed E-state index contributed by atoms with van der Waals surface area (Å²) in [5, 5.41) is 2.76. The number of alkyl carbamates (subject to hydrolysis) is 1. The minimum atomic E-state index is -3.13. The molecule has 0 spiro atoms. The molecule has 1 saturated heterocycles. The van der Waals surface area contributed by atoms with Gasteiger partial charge in [-0.25, -0.2) is 13.6 Å². The summed E-state index contributed by atoms with van der Waals surface area (Å²) >= 11 is 0. The third-order valence-electron chi connectivity index (χ3n) is 4.32. The van der Waals surface area contributed by atoms with E-state index in [1.54, 1.807) is 25.7 Å². The van der Waals surface area contributed by atoms with Crippen LogP contribution < -0.4 is 5.32 Å². The third-order valence-corrected chi connectivity index (χ3v) is 4.32. The molecule has 8 heteroatoms. The van der Waals surface area contributed by atoms with Crippen molar-refractivity contribution in [2.45, 2.75) is 57.6 Å². The van der Waals surface area contributed by atoms with Crippen LogP contribution in [0.2, 0.25) is 0 Å². The highest BCUT2D eigenvalue weighted by Crippen LogP contribution is 2.31. The van der Waals surface area contributed by atoms with E-state index in [-0.39, 0.29) is 17.2 Å². The van der Waals surface area contributed by atoms with Crippen LogP contribution in [0.15, 0.2) is 24.3 Å². The zero-order chi connectivity index (χ0) is 20.2. The van der Waals surface area contributed by atoms with Gasteiger partial charge in [-0.05, 0) is 33.6 Å². The van der Waals surface area contributed by atoms with Gasteiger partial charge < -0.3 is 10.1 Å². The van der Waals surface area contributed by atoms with E-state index in [4.69, 9.17) is 4.74 Å². The molecule has 1 aliphatic rings. The second kappa shape index (κ2) is 8.46. The zero-order valence-electron chi connectivity index (χ0n) is 15.8. The first-order chi connectivity index (χ1) is 12.5. The molecule has 0 bridgehead atoms. The van der Waals surface area contributed by atoms with E-state index in [0.29, 0.717) is 25.9 Å². The Kier molecular flexibility index (Phi) is 6.72. The Hall–Kier alpha value is -1.83. The molecule has 1 N–H and O–H groups in total. The van der Waals surface area contributed by atoms with Crippen LogP contribution in [0, 0.1) is 0 Å². The van der Waals surface area contributed by atoms with Crippen molar-refractivity contribution in [3.8, 4) is 0 Å². The van der Waals surface area contributed by atoms with E-state index in [2.05, 4.69) is 5.32 Å². The van der Waals surface area contributed by atoms with Gasteiger partial charge in [0.2, 0.25) is 0 Å². The van der Waals surface area contributed by atoms with Gasteiger partial charge in [0.25, 0.3) is 12.3 Å². The summed E-state index contributed by atoms with van der Waals surface area (Å²) in [5.74, 6) is -3.13. The predicted molar refractivity (Wildman–Crippen MR) is 94.1 cm³/mol. The molecule has 0 aliphatic carbocycles. The number of rotatable bonds is 5. The Morgan fingerprint density at radius 3 is 2.22 bits per heavy atom. The minimum Gasteiger partial charge on any atom is -0.444 e. The number of carbonyl (C=O) groups is 1. The summed E-state index contributed by atoms with van der Waals surface area (Å²) in [6.07, 6.45) is -2.10. The lowest BCUT2D eigenvalue weighted by Crippen LogP contribution is -2.48. The lowest BCUT2D eigenvalue weighted by Gasteiger charge is -2.34. The number of likely N-dealkylation sites (tertiary alicyclic amines) is 1. The van der Waals surface area contributed by atoms with Gasteiger partial charge in [0.1, 0.15) is 5.60 Å². The zero-order valence-corrected chi connectivity index (χ0v) is 15.8. The van der Waals surface area contributed by atoms with Crippen LogP contribution in [0.3, 0.4) is 0 Å². The van der Waals surface area contributed by atoms with Crippen LogP contribution in [0.4, 0.5) is 22.4 Å². The first-order valence-corrected chi connectivity index (χ1v) is 8.94. The highest BCUT2D eigenvalue weighted by atomic mass is 19.3. The van der Waals surface area contributed by atoms with Crippen molar-refractivity contribution in [1.29, 1.82) is 0 Å². The molecular weight excluding hydrogens is 364 g/mol. The minimum absolute atomic E-state index is 0.116. The number of hydrogen-bond acceptors (Lipinski definition) is 3. The molecular formula is C19H26F4N2O2. The van der Waals surface area contributed by atoms with Crippen molar-refractivity contribution in [3.05, 3.63) is 35.4 Å². The maximum Gasteiger partial charge on any atom is 0.407 e. The lowest BCUT2D eigenvalue weighted by molar-refractivity contribution is -0.0435. The molecule has 152 valence electrons. The Morgan fingerprint density at radius 2 is 1.74 bits per heavy atom. The number of alkyl halides is 4. The number of hydrogen-bond donors (Lipinski definition) is 1. The summed E-state index contributed by atoms with van der Waals surface area (Å²) in [6, 6.07) is 4.06. The summed E-state index contributed by atoms with van der Waals surface area (Å²) in [6.45, 7) is 5.64. The molecule has 1 aliphatic heterocycles. The Bertz CT molecular complexity index is 622. The van der Waals surface area contributed by atoms with Gasteiger partial charge in [-0.3, -0.25) is 4.90 Å². The number of nitrogens with zero attached hydrogens (tertiary/aromatic N) is 1. The summed E-state index contributed by atoms with van der Waals surface area (Å²) in [4.78, 5) is 13.4. The first-order valence-electron chi connectivity index (χ1n) is 8.94. The molecule has 27 heavy (non-hydrogen) atoms. The van der Waals surface area contributed by atoms with Gasteiger partial charge in [-0.2, -0.15) is 8.78 Å². The third kappa shape index (κ3) is 6.68. The lowest BCUT2D eigenvalue weighted by atomic mass is 10.0. The second-order valence-corrected chi connectivity index (χ2v) is 7.82. The van der Waals surface area contributed by atoms with Crippen molar-refractivity contribution in [3.63, 3.8) is 0 Å². The summed E-state index contributed by atoms with van der Waals surface area (Å²) < 4.78 is 59.2. The van der Waals surface area contributed by atoms with Crippen LogP contribution in [-0.4, -0.2) is 42.3 Å². The van der Waals surface area contributed by atoms with E-state index in [1.165, 1.54) is 0 Å². The quantitative estimate of drug-likeness (QED) is 0.741. The van der Waals surface area contributed by atoms with E-state index in [9.17, 15) is 22.4 Å². The van der Waals surface area contributed by atoms with E-state index < -0.39 is 30.6 Å². The number of nitrogens with one attached hydrogen (secondary N) is 1. The number of halogens is 4. The summed E-state index contributed by atoms with van der Waals surface area (Å²) in [5.41, 5.74) is -1.14. The maximum absolute atomic E-state index is 14.4. The smallest absolute Gasteiger partial charge is 0.407 e. The SMILES string of the molecule is CC(C)(C)OC(=O)NC1CCN(CC(F)(F)c2ccc(C(F)F)cc2)CC1. The largest absolute Gasteiger partial charge is 0.444 e. The molecule has 1 aromatic rings. The molecule has 0 radical (unpaired) electrons. The number of ether oxygens (including phenoxy) is 1. The van der Waals surface area contributed by atoms with Gasteiger partial charge >= 0.3 is 6.09 Å². The van der Waals surface area contributed by atoms with Crippen LogP contribution >= 0.6 is 0 Å². The second-order valence-electron chi connectivity index (χ2n) is 7.82. The van der Waals surface area contributed by atoms with Gasteiger partial charge in [0.05, 0.1) is 6.54 Å². The molecule has 4 nitrogen and oxygen atoms in total. The predicted octanol–water partition coefficient (Wildman–Crippen LogP) is 4.71. The van der Waals surface area contributed by atoms with Crippen molar-refractivity contribution < 1.29 is 27.1 Å². The fraction of sp³-hybridized carbons (Fsp3) is 0.632. The van der Waals surface area contributed by atoms with Crippen molar-refractivity contribution in [2.24, 2.45) is 0 Å². The number of benzene rings is 1. The van der Waals surface area contributed by atoms with Crippen molar-refractivity contribution >= 4 is 6.09 Å². The van der Waals surface area contributed by atoms with Crippen molar-refractivity contribution in [1.82, 2.24) is 10.2 Å². The van der Waals surface area contributed by atoms with Crippen LogP contribution in [0.5, 0.6) is 0 Å². The monoisotopic (exact) mass is 390 g/mol. The molecule has 2 rings (SSSR count).